The molecule has 1 aliphatic rings. The number of likely N-dealkylation sites (tertiary alicyclic amines) is 1. The molecule has 3 aromatic rings. The molecule has 0 aromatic heterocycles. The summed E-state index contributed by atoms with van der Waals surface area (Å²) >= 11 is 12.3. The Balaban J connectivity index is 1.63. The fourth-order valence-electron chi connectivity index (χ4n) is 5.31. The molecule has 10 heteroatoms. The SMILES string of the molecule is CN(C)CC(N)C1(CS(=O)(=O)Cc2cc(F)cc(F)c2)CN(C(c2ccc(Cl)cc2)c2ccc(Cl)cc2)C1. The van der Waals surface area contributed by atoms with Crippen molar-refractivity contribution in [3.63, 3.8) is 0 Å². The molecule has 0 amide bonds. The van der Waals surface area contributed by atoms with Crippen LogP contribution in [0.15, 0.2) is 66.7 Å². The van der Waals surface area contributed by atoms with Gasteiger partial charge < -0.3 is 10.6 Å². The van der Waals surface area contributed by atoms with E-state index in [1.807, 2.05) is 67.5 Å². The molecule has 0 aliphatic carbocycles. The molecule has 1 heterocycles. The Hall–Kier alpha value is -2.07. The monoisotopic (exact) mass is 581 g/mol. The summed E-state index contributed by atoms with van der Waals surface area (Å²) in [6.07, 6.45) is 0. The standard InChI is InChI=1S/C28H31Cl2F2N3O2S/c1-34(2)14-26(33)28(18-38(36,37)15-19-11-24(31)13-25(32)12-19)16-35(17-28)27(20-3-7-22(29)8-4-20)21-5-9-23(30)10-6-21/h3-13,26-27H,14-18,33H2,1-2H3. The zero-order valence-corrected chi connectivity index (χ0v) is 23.6. The van der Waals surface area contributed by atoms with Crippen LogP contribution in [-0.2, 0) is 15.6 Å². The molecule has 5 nitrogen and oxygen atoms in total. The second kappa shape index (κ2) is 11.6. The minimum Gasteiger partial charge on any atom is -0.326 e. The number of rotatable bonds is 10. The van der Waals surface area contributed by atoms with E-state index >= 15 is 0 Å². The van der Waals surface area contributed by atoms with E-state index in [2.05, 4.69) is 4.90 Å². The van der Waals surface area contributed by atoms with Crippen molar-refractivity contribution in [3.8, 4) is 0 Å². The third-order valence-corrected chi connectivity index (χ3v) is 9.23. The zero-order valence-electron chi connectivity index (χ0n) is 21.2. The van der Waals surface area contributed by atoms with Gasteiger partial charge in [-0.2, -0.15) is 0 Å². The Morgan fingerprint density at radius 3 is 1.84 bits per heavy atom. The van der Waals surface area contributed by atoms with Crippen molar-refractivity contribution in [2.75, 3.05) is 39.5 Å². The van der Waals surface area contributed by atoms with E-state index in [1.165, 1.54) is 0 Å². The number of hydrogen-bond donors (Lipinski definition) is 1. The molecule has 204 valence electrons. The van der Waals surface area contributed by atoms with E-state index in [0.717, 1.165) is 29.3 Å². The zero-order chi connectivity index (χ0) is 27.7. The van der Waals surface area contributed by atoms with Crippen LogP contribution in [0.25, 0.3) is 0 Å². The van der Waals surface area contributed by atoms with Crippen molar-refractivity contribution >= 4 is 33.0 Å². The van der Waals surface area contributed by atoms with Gasteiger partial charge in [0.2, 0.25) is 0 Å². The van der Waals surface area contributed by atoms with Gasteiger partial charge in [0.25, 0.3) is 0 Å². The van der Waals surface area contributed by atoms with Crippen LogP contribution in [-0.4, -0.2) is 63.7 Å². The van der Waals surface area contributed by atoms with Crippen molar-refractivity contribution in [3.05, 3.63) is 105 Å². The predicted octanol–water partition coefficient (Wildman–Crippen LogP) is 5.17. The first-order valence-corrected chi connectivity index (χ1v) is 14.7. The summed E-state index contributed by atoms with van der Waals surface area (Å²) < 4.78 is 54.1. The molecule has 0 spiro atoms. The van der Waals surface area contributed by atoms with Crippen molar-refractivity contribution in [2.24, 2.45) is 11.1 Å². The minimum atomic E-state index is -3.75. The summed E-state index contributed by atoms with van der Waals surface area (Å²) in [5.41, 5.74) is 8.00. The quantitative estimate of drug-likeness (QED) is 0.358. The summed E-state index contributed by atoms with van der Waals surface area (Å²) in [7, 11) is 0.0238. The van der Waals surface area contributed by atoms with E-state index < -0.39 is 38.7 Å². The fraction of sp³-hybridized carbons (Fsp3) is 0.357. The first kappa shape index (κ1) is 28.9. The van der Waals surface area contributed by atoms with Crippen molar-refractivity contribution in [1.29, 1.82) is 0 Å². The number of benzene rings is 3. The summed E-state index contributed by atoms with van der Waals surface area (Å²) in [5.74, 6) is -2.27. The Kier molecular flexibility index (Phi) is 8.81. The van der Waals surface area contributed by atoms with Crippen LogP contribution in [0.3, 0.4) is 0 Å². The van der Waals surface area contributed by atoms with Gasteiger partial charge in [0.05, 0.1) is 17.5 Å². The van der Waals surface area contributed by atoms with Crippen LogP contribution >= 0.6 is 23.2 Å². The highest BCUT2D eigenvalue weighted by Gasteiger charge is 2.52. The van der Waals surface area contributed by atoms with E-state index in [0.29, 0.717) is 29.7 Å². The second-order valence-corrected chi connectivity index (χ2v) is 13.4. The molecule has 38 heavy (non-hydrogen) atoms. The van der Waals surface area contributed by atoms with Crippen molar-refractivity contribution in [2.45, 2.75) is 17.8 Å². The number of likely N-dealkylation sites (N-methyl/N-ethyl adjacent to an activating group) is 1. The van der Waals surface area contributed by atoms with Crippen LogP contribution in [0.2, 0.25) is 10.0 Å². The molecule has 4 rings (SSSR count). The third-order valence-electron chi connectivity index (χ3n) is 6.94. The van der Waals surface area contributed by atoms with Gasteiger partial charge >= 0.3 is 0 Å². The smallest absolute Gasteiger partial charge is 0.155 e. The maximum atomic E-state index is 13.7. The molecular weight excluding hydrogens is 551 g/mol. The Bertz CT molecular complexity index is 1300. The van der Waals surface area contributed by atoms with Crippen molar-refractivity contribution < 1.29 is 17.2 Å². The highest BCUT2D eigenvalue weighted by molar-refractivity contribution is 7.90. The molecule has 1 saturated heterocycles. The molecule has 0 saturated carbocycles. The lowest BCUT2D eigenvalue weighted by atomic mass is 9.73. The lowest BCUT2D eigenvalue weighted by Gasteiger charge is -2.56. The van der Waals surface area contributed by atoms with Crippen LogP contribution in [0.5, 0.6) is 0 Å². The van der Waals surface area contributed by atoms with E-state index in [4.69, 9.17) is 28.9 Å². The topological polar surface area (TPSA) is 66.6 Å². The average molecular weight is 583 g/mol. The molecule has 1 aliphatic heterocycles. The number of sulfone groups is 1. The summed E-state index contributed by atoms with van der Waals surface area (Å²) in [6.45, 7) is 1.34. The van der Waals surface area contributed by atoms with Crippen molar-refractivity contribution in [1.82, 2.24) is 9.80 Å². The highest BCUT2D eigenvalue weighted by Crippen LogP contribution is 2.43. The number of nitrogens with zero attached hydrogens (tertiary/aromatic N) is 2. The van der Waals surface area contributed by atoms with Gasteiger partial charge in [0, 0.05) is 47.2 Å². The normalized spacial score (nSPS) is 16.6. The highest BCUT2D eigenvalue weighted by atomic mass is 35.5. The van der Waals surface area contributed by atoms with Gasteiger partial charge in [-0.05, 0) is 67.2 Å². The van der Waals surface area contributed by atoms with Gasteiger partial charge in [-0.3, -0.25) is 4.90 Å². The number of halogens is 4. The van der Waals surface area contributed by atoms with Gasteiger partial charge in [0.15, 0.2) is 9.84 Å². The predicted molar refractivity (Wildman–Crippen MR) is 149 cm³/mol. The third kappa shape index (κ3) is 6.92. The molecule has 0 bridgehead atoms. The molecule has 2 N–H and O–H groups in total. The molecule has 3 aromatic carbocycles. The minimum absolute atomic E-state index is 0.0789. The first-order chi connectivity index (χ1) is 17.9. The largest absolute Gasteiger partial charge is 0.326 e. The van der Waals surface area contributed by atoms with Crippen LogP contribution in [0.1, 0.15) is 22.7 Å². The maximum absolute atomic E-state index is 13.7. The van der Waals surface area contributed by atoms with Crippen LogP contribution in [0.4, 0.5) is 8.78 Å². The molecular formula is C28H31Cl2F2N3O2S. The van der Waals surface area contributed by atoms with Gasteiger partial charge in [-0.15, -0.1) is 0 Å². The first-order valence-electron chi connectivity index (χ1n) is 12.2. The van der Waals surface area contributed by atoms with Gasteiger partial charge in [-0.1, -0.05) is 47.5 Å². The van der Waals surface area contributed by atoms with E-state index in [9.17, 15) is 17.2 Å². The molecule has 0 radical (unpaired) electrons. The number of nitrogens with two attached hydrogens (primary N) is 1. The van der Waals surface area contributed by atoms with Gasteiger partial charge in [-0.25, -0.2) is 17.2 Å². The van der Waals surface area contributed by atoms with Crippen LogP contribution < -0.4 is 5.73 Å². The maximum Gasteiger partial charge on any atom is 0.155 e. The van der Waals surface area contributed by atoms with Gasteiger partial charge in [0.1, 0.15) is 11.6 Å². The Morgan fingerprint density at radius 1 is 0.921 bits per heavy atom. The lowest BCUT2D eigenvalue weighted by Crippen LogP contribution is -2.69. The lowest BCUT2D eigenvalue weighted by molar-refractivity contribution is -0.0280. The molecule has 1 atom stereocenters. The average Bonchev–Trinajstić information content (AvgIpc) is 2.78. The number of hydrogen-bond acceptors (Lipinski definition) is 5. The summed E-state index contributed by atoms with van der Waals surface area (Å²) in [6, 6.07) is 17.4. The molecule has 1 unspecified atom stereocenters. The Morgan fingerprint density at radius 2 is 1.39 bits per heavy atom. The summed E-state index contributed by atoms with van der Waals surface area (Å²) in [5, 5.41) is 1.24. The second-order valence-electron chi connectivity index (χ2n) is 10.5. The van der Waals surface area contributed by atoms with E-state index in [1.54, 1.807) is 0 Å². The van der Waals surface area contributed by atoms with E-state index in [-0.39, 0.29) is 17.4 Å². The van der Waals surface area contributed by atoms with Crippen LogP contribution in [0, 0.1) is 17.0 Å². The fourth-order valence-corrected chi connectivity index (χ4v) is 7.61. The summed E-state index contributed by atoms with van der Waals surface area (Å²) in [4.78, 5) is 4.12. The molecule has 1 fully saturated rings. The Labute approximate surface area is 233 Å².